The van der Waals surface area contributed by atoms with Gasteiger partial charge in [-0.2, -0.15) is 5.10 Å². The maximum Gasteiger partial charge on any atom is 0.273 e. The monoisotopic (exact) mass is 359 g/mol. The molecular weight excluding hydrogens is 334 g/mol. The number of hydrogen-bond donors (Lipinski definition) is 1. The Morgan fingerprint density at radius 3 is 2.26 bits per heavy atom. The molecule has 2 aromatic carbocycles. The van der Waals surface area contributed by atoms with Crippen molar-refractivity contribution in [3.05, 3.63) is 76.5 Å². The van der Waals surface area contributed by atoms with Gasteiger partial charge in [0.25, 0.3) is 5.91 Å². The summed E-state index contributed by atoms with van der Waals surface area (Å²) in [6.45, 7) is 7.06. The van der Waals surface area contributed by atoms with Crippen molar-refractivity contribution in [2.24, 2.45) is 0 Å². The van der Waals surface area contributed by atoms with Crippen molar-refractivity contribution < 1.29 is 4.79 Å². The summed E-state index contributed by atoms with van der Waals surface area (Å²) < 4.78 is 0. The van der Waals surface area contributed by atoms with E-state index in [0.717, 1.165) is 41.8 Å². The van der Waals surface area contributed by atoms with Crippen molar-refractivity contribution in [2.75, 3.05) is 6.54 Å². The predicted octanol–water partition coefficient (Wildman–Crippen LogP) is 5.04. The Kier molecular flexibility index (Phi) is 4.56. The zero-order valence-electron chi connectivity index (χ0n) is 16.1. The van der Waals surface area contributed by atoms with Crippen molar-refractivity contribution >= 4 is 5.91 Å². The number of aryl methyl sites for hydroxylation is 2. The lowest BCUT2D eigenvalue weighted by atomic mass is 9.95. The Balaban J connectivity index is 1.84. The minimum Gasteiger partial charge on any atom is -0.326 e. The van der Waals surface area contributed by atoms with Gasteiger partial charge in [0, 0.05) is 17.7 Å². The molecule has 0 spiro atoms. The first kappa shape index (κ1) is 17.5. The number of nitrogens with one attached hydrogen (secondary N) is 1. The van der Waals surface area contributed by atoms with Crippen LogP contribution in [0.3, 0.4) is 0 Å². The zero-order valence-corrected chi connectivity index (χ0v) is 16.1. The highest BCUT2D eigenvalue weighted by molar-refractivity contribution is 6.00. The van der Waals surface area contributed by atoms with Crippen molar-refractivity contribution in [2.45, 2.75) is 39.7 Å². The molecule has 4 heteroatoms. The van der Waals surface area contributed by atoms with Crippen LogP contribution in [0.1, 0.15) is 58.5 Å². The molecule has 0 bridgehead atoms. The first-order valence-electron chi connectivity index (χ1n) is 9.63. The van der Waals surface area contributed by atoms with E-state index in [1.807, 2.05) is 4.90 Å². The van der Waals surface area contributed by atoms with E-state index in [-0.39, 0.29) is 11.9 Å². The van der Waals surface area contributed by atoms with E-state index >= 15 is 0 Å². The fourth-order valence-corrected chi connectivity index (χ4v) is 3.78. The number of hydrogen-bond acceptors (Lipinski definition) is 2. The largest absolute Gasteiger partial charge is 0.326 e. The van der Waals surface area contributed by atoms with Gasteiger partial charge >= 0.3 is 0 Å². The number of nitrogens with zero attached hydrogens (tertiary/aromatic N) is 2. The molecule has 2 heterocycles. The second-order valence-corrected chi connectivity index (χ2v) is 7.39. The molecule has 27 heavy (non-hydrogen) atoms. The highest BCUT2D eigenvalue weighted by atomic mass is 16.2. The third kappa shape index (κ3) is 3.05. The number of aromatic nitrogens is 2. The lowest BCUT2D eigenvalue weighted by Gasteiger charge is -2.26. The molecule has 1 aliphatic heterocycles. The normalized spacial score (nSPS) is 16.0. The van der Waals surface area contributed by atoms with Crippen molar-refractivity contribution in [3.8, 4) is 11.3 Å². The second-order valence-electron chi connectivity index (χ2n) is 7.39. The highest BCUT2D eigenvalue weighted by Crippen LogP contribution is 2.42. The van der Waals surface area contributed by atoms with E-state index < -0.39 is 0 Å². The van der Waals surface area contributed by atoms with Gasteiger partial charge in [-0.25, -0.2) is 0 Å². The molecule has 1 aromatic heterocycles. The fourth-order valence-electron chi connectivity index (χ4n) is 3.78. The lowest BCUT2D eigenvalue weighted by Crippen LogP contribution is -2.30. The maximum atomic E-state index is 13.1. The number of rotatable bonds is 5. The summed E-state index contributed by atoms with van der Waals surface area (Å²) in [6.07, 6.45) is 2.05. The second kappa shape index (κ2) is 7.03. The average Bonchev–Trinajstić information content (AvgIpc) is 3.21. The summed E-state index contributed by atoms with van der Waals surface area (Å²) in [7, 11) is 0. The highest BCUT2D eigenvalue weighted by Gasteiger charge is 2.41. The van der Waals surface area contributed by atoms with Crippen molar-refractivity contribution in [1.29, 1.82) is 0 Å². The van der Waals surface area contributed by atoms with Gasteiger partial charge in [-0.1, -0.05) is 73.0 Å². The zero-order chi connectivity index (χ0) is 19.0. The van der Waals surface area contributed by atoms with E-state index in [9.17, 15) is 4.79 Å². The molecule has 4 nitrogen and oxygen atoms in total. The summed E-state index contributed by atoms with van der Waals surface area (Å²) in [5.41, 5.74) is 7.12. The molecule has 1 unspecified atom stereocenters. The molecule has 4 rings (SSSR count). The molecule has 1 aliphatic rings. The summed E-state index contributed by atoms with van der Waals surface area (Å²) in [4.78, 5) is 15.1. The Hall–Kier alpha value is -2.88. The van der Waals surface area contributed by atoms with Gasteiger partial charge in [0.15, 0.2) is 0 Å². The van der Waals surface area contributed by atoms with Crippen molar-refractivity contribution in [3.63, 3.8) is 0 Å². The van der Waals surface area contributed by atoms with Crippen LogP contribution in [0.2, 0.25) is 0 Å². The number of carbonyl (C=O) groups is 1. The number of fused-ring (bicyclic) bond motifs is 1. The number of H-pyrrole nitrogens is 1. The molecule has 1 N–H and O–H groups in total. The summed E-state index contributed by atoms with van der Waals surface area (Å²) in [5.74, 6) is 0.0508. The molecule has 0 saturated carbocycles. The molecular formula is C23H25N3O. The first-order chi connectivity index (χ1) is 13.1. The molecule has 0 saturated heterocycles. The number of carbonyl (C=O) groups excluding carboxylic acids is 1. The molecule has 0 aliphatic carbocycles. The molecule has 0 radical (unpaired) electrons. The van der Waals surface area contributed by atoms with Gasteiger partial charge in [0.2, 0.25) is 0 Å². The average molecular weight is 359 g/mol. The fraction of sp³-hybridized carbons (Fsp3) is 0.304. The minimum absolute atomic E-state index is 0.0508. The summed E-state index contributed by atoms with van der Waals surface area (Å²) in [6, 6.07) is 16.7. The SMILES string of the molecule is CCCCN1C(=O)c2[nH]nc(-c3ccc(C)cc3)c2C1c1ccc(C)cc1. The third-order valence-corrected chi connectivity index (χ3v) is 5.33. The van der Waals surface area contributed by atoms with Gasteiger partial charge in [0.1, 0.15) is 5.69 Å². The molecule has 1 amide bonds. The van der Waals surface area contributed by atoms with Crippen LogP contribution in [0.15, 0.2) is 48.5 Å². The standard InChI is InChI=1S/C23H25N3O/c1-4-5-14-26-22(18-12-8-16(3)9-13-18)19-20(24-25-21(19)23(26)27)17-10-6-15(2)7-11-17/h6-13,22H,4-5,14H2,1-3H3,(H,24,25). The van der Waals surface area contributed by atoms with Crippen LogP contribution in [0.25, 0.3) is 11.3 Å². The van der Waals surface area contributed by atoms with Gasteiger partial charge in [-0.05, 0) is 25.8 Å². The van der Waals surface area contributed by atoms with Crippen LogP contribution in [-0.2, 0) is 0 Å². The number of unbranched alkanes of at least 4 members (excludes halogenated alkanes) is 1. The quantitative estimate of drug-likeness (QED) is 0.694. The lowest BCUT2D eigenvalue weighted by molar-refractivity contribution is 0.0741. The summed E-state index contributed by atoms with van der Waals surface area (Å²) in [5, 5.41) is 7.55. The van der Waals surface area contributed by atoms with E-state index in [1.54, 1.807) is 0 Å². The van der Waals surface area contributed by atoms with Crippen LogP contribution < -0.4 is 0 Å². The van der Waals surface area contributed by atoms with Crippen LogP contribution in [0.4, 0.5) is 0 Å². The molecule has 3 aromatic rings. The van der Waals surface area contributed by atoms with E-state index in [4.69, 9.17) is 0 Å². The smallest absolute Gasteiger partial charge is 0.273 e. The Labute approximate surface area is 160 Å². The van der Waals surface area contributed by atoms with Gasteiger partial charge in [0.05, 0.1) is 11.7 Å². The molecule has 1 atom stereocenters. The Morgan fingerprint density at radius 1 is 1.00 bits per heavy atom. The van der Waals surface area contributed by atoms with Crippen LogP contribution in [0, 0.1) is 13.8 Å². The predicted molar refractivity (Wildman–Crippen MR) is 108 cm³/mol. The topological polar surface area (TPSA) is 49.0 Å². The van der Waals surface area contributed by atoms with Gasteiger partial charge in [-0.15, -0.1) is 0 Å². The summed E-state index contributed by atoms with van der Waals surface area (Å²) >= 11 is 0. The van der Waals surface area contributed by atoms with E-state index in [1.165, 1.54) is 11.1 Å². The molecule has 0 fully saturated rings. The maximum absolute atomic E-state index is 13.1. The minimum atomic E-state index is -0.0882. The van der Waals surface area contributed by atoms with Crippen LogP contribution in [0.5, 0.6) is 0 Å². The van der Waals surface area contributed by atoms with Gasteiger partial charge < -0.3 is 4.90 Å². The van der Waals surface area contributed by atoms with Crippen LogP contribution >= 0.6 is 0 Å². The Bertz CT molecular complexity index is 954. The van der Waals surface area contributed by atoms with Gasteiger partial charge in [-0.3, -0.25) is 9.89 Å². The van der Waals surface area contributed by atoms with Crippen molar-refractivity contribution in [1.82, 2.24) is 15.1 Å². The van der Waals surface area contributed by atoms with E-state index in [0.29, 0.717) is 5.69 Å². The Morgan fingerprint density at radius 2 is 1.63 bits per heavy atom. The number of aromatic amines is 1. The molecule has 138 valence electrons. The number of amides is 1. The van der Waals surface area contributed by atoms with E-state index in [2.05, 4.69) is 79.5 Å². The number of benzene rings is 2. The third-order valence-electron chi connectivity index (χ3n) is 5.33. The van der Waals surface area contributed by atoms with Crippen LogP contribution in [-0.4, -0.2) is 27.5 Å². The first-order valence-corrected chi connectivity index (χ1v) is 9.63.